The molecule has 9 heteroatoms. The molecule has 3 rings (SSSR count). The summed E-state index contributed by atoms with van der Waals surface area (Å²) in [5.41, 5.74) is 0.783. The molecule has 6 nitrogen and oxygen atoms in total. The minimum Gasteiger partial charge on any atom is -0.462 e. The van der Waals surface area contributed by atoms with Crippen molar-refractivity contribution in [3.63, 3.8) is 0 Å². The maximum absolute atomic E-state index is 13.2. The summed E-state index contributed by atoms with van der Waals surface area (Å²) in [4.78, 5) is 23.2. The van der Waals surface area contributed by atoms with Gasteiger partial charge in [0.05, 0.1) is 6.61 Å². The van der Waals surface area contributed by atoms with Crippen molar-refractivity contribution in [3.8, 4) is 11.5 Å². The molecule has 2 aromatic carbocycles. The molecular weight excluding hydrogens is 441 g/mol. The van der Waals surface area contributed by atoms with Gasteiger partial charge in [0.15, 0.2) is 11.3 Å². The van der Waals surface area contributed by atoms with Crippen LogP contribution in [0.15, 0.2) is 59.1 Å². The van der Waals surface area contributed by atoms with Crippen LogP contribution in [0.3, 0.4) is 0 Å². The van der Waals surface area contributed by atoms with E-state index in [-0.39, 0.29) is 53.1 Å². The Bertz CT molecular complexity index is 1250. The van der Waals surface area contributed by atoms with Gasteiger partial charge in [-0.25, -0.2) is 9.59 Å². The highest BCUT2D eigenvalue weighted by molar-refractivity contribution is 6.07. The molecule has 0 fully saturated rings. The van der Waals surface area contributed by atoms with Crippen molar-refractivity contribution in [1.82, 2.24) is 0 Å². The average Bonchev–Trinajstić information content (AvgIpc) is 3.09. The molecule has 0 aliphatic carbocycles. The van der Waals surface area contributed by atoms with Crippen molar-refractivity contribution in [3.05, 3.63) is 60.2 Å². The lowest BCUT2D eigenvalue weighted by molar-refractivity contribution is -0.274. The fourth-order valence-corrected chi connectivity index (χ4v) is 3.07. The molecule has 0 unspecified atom stereocenters. The Morgan fingerprint density at radius 1 is 1.00 bits per heavy atom. The first-order valence-electron chi connectivity index (χ1n) is 9.90. The topological polar surface area (TPSA) is 75.0 Å². The van der Waals surface area contributed by atoms with Crippen molar-refractivity contribution in [2.45, 2.75) is 33.1 Å². The summed E-state index contributed by atoms with van der Waals surface area (Å²) >= 11 is 0. The van der Waals surface area contributed by atoms with Gasteiger partial charge in [0.25, 0.3) is 0 Å². The predicted octanol–water partition coefficient (Wildman–Crippen LogP) is 6.02. The van der Waals surface area contributed by atoms with Crippen molar-refractivity contribution in [2.75, 3.05) is 6.61 Å². The number of rotatable bonds is 8. The smallest absolute Gasteiger partial charge is 0.462 e. The second-order valence-corrected chi connectivity index (χ2v) is 7.43. The van der Waals surface area contributed by atoms with Crippen LogP contribution in [0.25, 0.3) is 21.9 Å². The van der Waals surface area contributed by atoms with Gasteiger partial charge in [-0.15, -0.1) is 13.2 Å². The Kier molecular flexibility index (Phi) is 6.81. The molecule has 0 saturated heterocycles. The first kappa shape index (κ1) is 23.9. The highest BCUT2D eigenvalue weighted by Gasteiger charge is 2.34. The number of esters is 2. The fraction of sp³-hybridized carbons (Fsp3) is 0.250. The molecule has 0 N–H and O–H groups in total. The van der Waals surface area contributed by atoms with Crippen LogP contribution in [0.1, 0.15) is 25.8 Å². The summed E-state index contributed by atoms with van der Waals surface area (Å²) in [5.74, 6) is -1.52. The Balaban J connectivity index is 1.96. The molecule has 33 heavy (non-hydrogen) atoms. The number of fused-ring (bicyclic) bond motifs is 3. The number of furan rings is 1. The molecule has 1 heterocycles. The van der Waals surface area contributed by atoms with Crippen LogP contribution in [-0.2, 0) is 20.7 Å². The summed E-state index contributed by atoms with van der Waals surface area (Å²) < 4.78 is 59.6. The molecule has 0 amide bonds. The second kappa shape index (κ2) is 9.40. The number of aryl methyl sites for hydroxylation is 1. The molecule has 174 valence electrons. The van der Waals surface area contributed by atoms with Crippen LogP contribution in [0.4, 0.5) is 13.2 Å². The monoisotopic (exact) mass is 462 g/mol. The third kappa shape index (κ3) is 5.74. The average molecular weight is 462 g/mol. The third-order valence-corrected chi connectivity index (χ3v) is 4.60. The van der Waals surface area contributed by atoms with E-state index in [0.29, 0.717) is 10.8 Å². The largest absolute Gasteiger partial charge is 0.573 e. The zero-order chi connectivity index (χ0) is 24.3. The predicted molar refractivity (Wildman–Crippen MR) is 115 cm³/mol. The summed E-state index contributed by atoms with van der Waals surface area (Å²) in [6.45, 7) is 9.96. The molecule has 0 saturated carbocycles. The summed E-state index contributed by atoms with van der Waals surface area (Å²) in [6.07, 6.45) is -4.54. The SMILES string of the molecule is C=C(C)C(=O)OCCCc1ccc2c(oc3cc(OC(=O)C(=C)C)ccc32)c1OC(F)(F)F. The molecule has 0 radical (unpaired) electrons. The van der Waals surface area contributed by atoms with Gasteiger partial charge >= 0.3 is 18.3 Å². The summed E-state index contributed by atoms with van der Waals surface area (Å²) in [6, 6.07) is 7.63. The molecule has 0 aliphatic rings. The molecule has 3 aromatic rings. The molecule has 0 spiro atoms. The maximum atomic E-state index is 13.2. The van der Waals surface area contributed by atoms with Crippen LogP contribution in [-0.4, -0.2) is 24.9 Å². The highest BCUT2D eigenvalue weighted by Crippen LogP contribution is 2.40. The minimum absolute atomic E-state index is 0.00671. The fourth-order valence-electron chi connectivity index (χ4n) is 3.07. The number of hydrogen-bond donors (Lipinski definition) is 0. The number of hydrogen-bond acceptors (Lipinski definition) is 6. The van der Waals surface area contributed by atoms with Crippen LogP contribution in [0, 0.1) is 0 Å². The molecule has 0 aliphatic heterocycles. The normalized spacial score (nSPS) is 11.4. The van der Waals surface area contributed by atoms with Gasteiger partial charge in [0.1, 0.15) is 11.3 Å². The number of carbonyl (C=O) groups is 2. The van der Waals surface area contributed by atoms with E-state index in [1.165, 1.54) is 32.0 Å². The number of ether oxygens (including phenoxy) is 3. The minimum atomic E-state index is -4.95. The van der Waals surface area contributed by atoms with Crippen molar-refractivity contribution < 1.29 is 41.4 Å². The van der Waals surface area contributed by atoms with E-state index in [1.807, 2.05) is 0 Å². The van der Waals surface area contributed by atoms with Gasteiger partial charge in [0, 0.05) is 28.0 Å². The number of carbonyl (C=O) groups excluding carboxylic acids is 2. The Morgan fingerprint density at radius 3 is 2.30 bits per heavy atom. The van der Waals surface area contributed by atoms with E-state index in [4.69, 9.17) is 13.9 Å². The number of alkyl halides is 3. The lowest BCUT2D eigenvalue weighted by atomic mass is 10.0. The van der Waals surface area contributed by atoms with Crippen LogP contribution < -0.4 is 9.47 Å². The maximum Gasteiger partial charge on any atom is 0.573 e. The molecule has 0 bridgehead atoms. The van der Waals surface area contributed by atoms with Gasteiger partial charge in [0.2, 0.25) is 0 Å². The van der Waals surface area contributed by atoms with Crippen LogP contribution >= 0.6 is 0 Å². The summed E-state index contributed by atoms with van der Waals surface area (Å²) in [5, 5.41) is 0.925. The van der Waals surface area contributed by atoms with Gasteiger partial charge < -0.3 is 18.6 Å². The van der Waals surface area contributed by atoms with Crippen molar-refractivity contribution >= 4 is 33.9 Å². The Morgan fingerprint density at radius 2 is 1.67 bits per heavy atom. The van der Waals surface area contributed by atoms with Gasteiger partial charge in [-0.1, -0.05) is 19.2 Å². The zero-order valence-corrected chi connectivity index (χ0v) is 18.0. The zero-order valence-electron chi connectivity index (χ0n) is 18.0. The van der Waals surface area contributed by atoms with E-state index in [2.05, 4.69) is 17.9 Å². The second-order valence-electron chi connectivity index (χ2n) is 7.43. The molecule has 1 aromatic heterocycles. The Labute approximate surface area is 187 Å². The third-order valence-electron chi connectivity index (χ3n) is 4.60. The lowest BCUT2D eigenvalue weighted by Crippen LogP contribution is -2.18. The van der Waals surface area contributed by atoms with E-state index >= 15 is 0 Å². The van der Waals surface area contributed by atoms with Gasteiger partial charge in [-0.2, -0.15) is 0 Å². The van der Waals surface area contributed by atoms with Crippen LogP contribution in [0.2, 0.25) is 0 Å². The lowest BCUT2D eigenvalue weighted by Gasteiger charge is -2.14. The first-order chi connectivity index (χ1) is 15.5. The molecule has 0 atom stereocenters. The van der Waals surface area contributed by atoms with E-state index in [1.54, 1.807) is 12.1 Å². The first-order valence-corrected chi connectivity index (χ1v) is 9.90. The van der Waals surface area contributed by atoms with Gasteiger partial charge in [-0.3, -0.25) is 0 Å². The van der Waals surface area contributed by atoms with Gasteiger partial charge in [-0.05, 0) is 50.5 Å². The summed E-state index contributed by atoms with van der Waals surface area (Å²) in [7, 11) is 0. The van der Waals surface area contributed by atoms with E-state index in [0.717, 1.165) is 0 Å². The van der Waals surface area contributed by atoms with E-state index in [9.17, 15) is 22.8 Å². The number of halogens is 3. The number of benzene rings is 2. The van der Waals surface area contributed by atoms with E-state index < -0.39 is 24.1 Å². The van der Waals surface area contributed by atoms with Crippen LogP contribution in [0.5, 0.6) is 11.5 Å². The quantitative estimate of drug-likeness (QED) is 0.176. The van der Waals surface area contributed by atoms with Crippen molar-refractivity contribution in [2.24, 2.45) is 0 Å². The highest BCUT2D eigenvalue weighted by atomic mass is 19.4. The molecular formula is C24H21F3O6. The van der Waals surface area contributed by atoms with Crippen molar-refractivity contribution in [1.29, 1.82) is 0 Å². The Hall–Kier alpha value is -3.75. The standard InChI is InChI=1S/C24H21F3O6/c1-13(2)22(28)30-11-5-6-15-7-9-18-17-10-8-16(31-23(29)14(3)4)12-19(17)32-21(18)20(15)33-24(25,26)27/h7-10,12H,1,3,5-6,11H2,2,4H3.